The van der Waals surface area contributed by atoms with Crippen molar-refractivity contribution in [3.8, 4) is 0 Å². The van der Waals surface area contributed by atoms with E-state index in [-0.39, 0.29) is 29.4 Å². The summed E-state index contributed by atoms with van der Waals surface area (Å²) in [6.45, 7) is 5.64. The summed E-state index contributed by atoms with van der Waals surface area (Å²) in [6.07, 6.45) is 2.65. The van der Waals surface area contributed by atoms with Gasteiger partial charge in [0.05, 0.1) is 22.5 Å². The van der Waals surface area contributed by atoms with Crippen LogP contribution < -0.4 is 5.32 Å². The Morgan fingerprint density at radius 3 is 2.50 bits per heavy atom. The third kappa shape index (κ3) is 5.06. The van der Waals surface area contributed by atoms with Crippen LogP contribution in [0.15, 0.2) is 95.0 Å². The number of aryl methyl sites for hydroxylation is 1. The van der Waals surface area contributed by atoms with Crippen LogP contribution in [0.5, 0.6) is 0 Å². The molecule has 2 N–H and O–H groups in total. The summed E-state index contributed by atoms with van der Waals surface area (Å²) in [4.78, 5) is 15.4. The van der Waals surface area contributed by atoms with E-state index in [4.69, 9.17) is 4.18 Å². The van der Waals surface area contributed by atoms with Crippen molar-refractivity contribution in [1.29, 1.82) is 0 Å². The summed E-state index contributed by atoms with van der Waals surface area (Å²) in [5, 5.41) is 14.0. The van der Waals surface area contributed by atoms with Gasteiger partial charge in [-0.2, -0.15) is 8.42 Å². The van der Waals surface area contributed by atoms with Crippen molar-refractivity contribution in [2.24, 2.45) is 11.8 Å². The number of anilines is 1. The van der Waals surface area contributed by atoms with Gasteiger partial charge in [0.1, 0.15) is 0 Å². The van der Waals surface area contributed by atoms with Crippen molar-refractivity contribution in [1.82, 2.24) is 4.90 Å². The molecule has 1 aliphatic carbocycles. The van der Waals surface area contributed by atoms with Gasteiger partial charge in [-0.25, -0.2) is 4.79 Å². The molecule has 4 unspecified atom stereocenters. The zero-order chi connectivity index (χ0) is 29.5. The third-order valence-corrected chi connectivity index (χ3v) is 10.8. The molecule has 220 valence electrons. The topological polar surface area (TPSA) is 95.9 Å². The maximum Gasteiger partial charge on any atom is 0.333 e. The second-order valence-electron chi connectivity index (χ2n) is 12.0. The summed E-state index contributed by atoms with van der Waals surface area (Å²) in [7, 11) is -3.90. The molecule has 42 heavy (non-hydrogen) atoms. The molecule has 0 bridgehead atoms. The monoisotopic (exact) mass is 586 g/mol. The van der Waals surface area contributed by atoms with Crippen molar-refractivity contribution in [3.05, 3.63) is 107 Å². The smallest absolute Gasteiger partial charge is 0.333 e. The third-order valence-electron chi connectivity index (χ3n) is 9.49. The lowest BCUT2D eigenvalue weighted by atomic mass is 9.62. The molecule has 3 aliphatic rings. The SMILES string of the molecule is CCC(COS(=O)(=O)c1ccc(C)cc1)CC1CC(C(=O)O)=C2Nc3ccccc3C23CCN(Cc2ccccc2)C13. The van der Waals surface area contributed by atoms with Crippen molar-refractivity contribution in [2.45, 2.75) is 62.4 Å². The predicted molar refractivity (Wildman–Crippen MR) is 162 cm³/mol. The zero-order valence-electron chi connectivity index (χ0n) is 24.1. The Morgan fingerprint density at radius 2 is 1.79 bits per heavy atom. The number of carbonyl (C=O) groups is 1. The van der Waals surface area contributed by atoms with Crippen molar-refractivity contribution in [3.63, 3.8) is 0 Å². The zero-order valence-corrected chi connectivity index (χ0v) is 24.9. The minimum absolute atomic E-state index is 0.00893. The van der Waals surface area contributed by atoms with Crippen LogP contribution in [-0.2, 0) is 31.1 Å². The predicted octanol–water partition coefficient (Wildman–Crippen LogP) is 6.11. The number of hydrogen-bond donors (Lipinski definition) is 2. The number of fused-ring (bicyclic) bond motifs is 1. The fraction of sp³-hybridized carbons (Fsp3) is 0.382. The minimum Gasteiger partial charge on any atom is -0.478 e. The highest BCUT2D eigenvalue weighted by Crippen LogP contribution is 2.60. The highest BCUT2D eigenvalue weighted by atomic mass is 32.2. The number of nitrogens with zero attached hydrogens (tertiary/aromatic N) is 1. The number of aliphatic carboxylic acids is 1. The molecular formula is C34H38N2O5S. The number of nitrogens with one attached hydrogen (secondary N) is 1. The van der Waals surface area contributed by atoms with Crippen molar-refractivity contribution in [2.75, 3.05) is 18.5 Å². The van der Waals surface area contributed by atoms with Gasteiger partial charge >= 0.3 is 5.97 Å². The molecule has 0 radical (unpaired) electrons. The molecule has 3 aromatic carbocycles. The van der Waals surface area contributed by atoms with E-state index in [1.165, 1.54) is 5.56 Å². The Hall–Kier alpha value is -3.46. The van der Waals surface area contributed by atoms with Gasteiger partial charge in [-0.15, -0.1) is 0 Å². The summed E-state index contributed by atoms with van der Waals surface area (Å²) >= 11 is 0. The molecular weight excluding hydrogens is 548 g/mol. The number of likely N-dealkylation sites (tertiary alicyclic amines) is 1. The lowest BCUT2D eigenvalue weighted by Crippen LogP contribution is -2.51. The number of benzene rings is 3. The number of hydrogen-bond acceptors (Lipinski definition) is 6. The van der Waals surface area contributed by atoms with E-state index in [0.29, 0.717) is 18.4 Å². The van der Waals surface area contributed by atoms with Gasteiger partial charge in [0.15, 0.2) is 0 Å². The molecule has 3 aromatic rings. The number of carboxylic acids is 1. The van der Waals surface area contributed by atoms with Crippen molar-refractivity contribution >= 4 is 21.8 Å². The van der Waals surface area contributed by atoms with E-state index in [1.807, 2.05) is 38.1 Å². The lowest BCUT2D eigenvalue weighted by molar-refractivity contribution is -0.133. The van der Waals surface area contributed by atoms with Crippen LogP contribution in [-0.4, -0.2) is 43.6 Å². The van der Waals surface area contributed by atoms with Crippen LogP contribution in [0.2, 0.25) is 0 Å². The Labute approximate surface area is 248 Å². The maximum atomic E-state index is 13.0. The normalized spacial score (nSPS) is 24.0. The van der Waals surface area contributed by atoms with E-state index in [1.54, 1.807) is 24.3 Å². The van der Waals surface area contributed by atoms with Gasteiger partial charge in [-0.1, -0.05) is 79.6 Å². The van der Waals surface area contributed by atoms with Crippen LogP contribution in [0.1, 0.15) is 49.3 Å². The molecule has 0 aromatic heterocycles. The molecule has 6 rings (SSSR count). The molecule has 0 saturated carbocycles. The molecule has 4 atom stereocenters. The molecule has 1 spiro atoms. The van der Waals surface area contributed by atoms with Crippen LogP contribution in [0.25, 0.3) is 0 Å². The second kappa shape index (κ2) is 11.3. The number of carboxylic acid groups (broad SMARTS) is 1. The largest absolute Gasteiger partial charge is 0.478 e. The van der Waals surface area contributed by atoms with E-state index in [9.17, 15) is 18.3 Å². The standard InChI is InChI=1S/C34H38N2O5S/c1-3-24(22-41-42(39,40)27-15-13-23(2)14-16-27)19-26-20-28(33(37)38)31-34(29-11-7-8-12-30(29)35-31)17-18-36(32(26)34)21-25-9-5-4-6-10-25/h4-16,24,26,32,35H,3,17-22H2,1-2H3,(H,37,38). The van der Waals surface area contributed by atoms with Gasteiger partial charge in [0, 0.05) is 30.5 Å². The molecule has 2 aliphatic heterocycles. The number of para-hydroxylation sites is 1. The molecule has 1 saturated heterocycles. The molecule has 1 fully saturated rings. The van der Waals surface area contributed by atoms with E-state index in [2.05, 4.69) is 40.5 Å². The Kier molecular flexibility index (Phi) is 7.72. The first-order valence-electron chi connectivity index (χ1n) is 14.8. The molecule has 0 amide bonds. The fourth-order valence-corrected chi connectivity index (χ4v) is 8.49. The first-order valence-corrected chi connectivity index (χ1v) is 16.2. The van der Waals surface area contributed by atoms with Gasteiger partial charge in [-0.05, 0) is 67.3 Å². The highest BCUT2D eigenvalue weighted by molar-refractivity contribution is 7.86. The van der Waals surface area contributed by atoms with Crippen LogP contribution in [0.3, 0.4) is 0 Å². The summed E-state index contributed by atoms with van der Waals surface area (Å²) in [5.41, 5.74) is 5.17. The first kappa shape index (κ1) is 28.6. The first-order chi connectivity index (χ1) is 20.2. The van der Waals surface area contributed by atoms with Crippen molar-refractivity contribution < 1.29 is 22.5 Å². The quantitative estimate of drug-likeness (QED) is 0.277. The van der Waals surface area contributed by atoms with Gasteiger partial charge in [0.2, 0.25) is 0 Å². The maximum absolute atomic E-state index is 13.0. The van der Waals surface area contributed by atoms with Gasteiger partial charge < -0.3 is 10.4 Å². The molecule has 8 heteroatoms. The van der Waals surface area contributed by atoms with E-state index in [0.717, 1.165) is 48.4 Å². The summed E-state index contributed by atoms with van der Waals surface area (Å²) in [5.74, 6) is -0.928. The fourth-order valence-electron chi connectivity index (χ4n) is 7.51. The van der Waals surface area contributed by atoms with Gasteiger partial charge in [-0.3, -0.25) is 9.08 Å². The summed E-state index contributed by atoms with van der Waals surface area (Å²) in [6, 6.07) is 25.4. The summed E-state index contributed by atoms with van der Waals surface area (Å²) < 4.78 is 31.6. The Balaban J connectivity index is 1.34. The molecule has 7 nitrogen and oxygen atoms in total. The number of rotatable bonds is 10. The Morgan fingerprint density at radius 1 is 1.07 bits per heavy atom. The van der Waals surface area contributed by atoms with E-state index >= 15 is 0 Å². The average Bonchev–Trinajstić information content (AvgIpc) is 3.53. The molecule has 2 heterocycles. The minimum atomic E-state index is -3.90. The lowest BCUT2D eigenvalue weighted by Gasteiger charge is -2.46. The van der Waals surface area contributed by atoms with Crippen LogP contribution >= 0.6 is 0 Å². The van der Waals surface area contributed by atoms with Gasteiger partial charge in [0.25, 0.3) is 10.1 Å². The Bertz CT molecular complexity index is 1600. The average molecular weight is 587 g/mol. The highest BCUT2D eigenvalue weighted by Gasteiger charge is 2.60. The second-order valence-corrected chi connectivity index (χ2v) is 13.6. The van der Waals surface area contributed by atoms with E-state index < -0.39 is 21.5 Å². The van der Waals surface area contributed by atoms with Crippen LogP contribution in [0, 0.1) is 18.8 Å². The van der Waals surface area contributed by atoms with Crippen LogP contribution in [0.4, 0.5) is 5.69 Å².